The number of ketones is 1. The molecule has 25 heavy (non-hydrogen) atoms. The number of aliphatic hydroxyl groups excluding tert-OH is 1. The molecule has 0 aromatic rings. The second kappa shape index (κ2) is 6.53. The summed E-state index contributed by atoms with van der Waals surface area (Å²) in [4.78, 5) is 36.7. The lowest BCUT2D eigenvalue weighted by molar-refractivity contribution is -0.132. The number of allylic oxidation sites excluding steroid dienone is 2. The molecule has 0 aromatic heterocycles. The van der Waals surface area contributed by atoms with Crippen LogP contribution in [0, 0.1) is 29.6 Å². The molecule has 4 aliphatic rings. The van der Waals surface area contributed by atoms with Crippen molar-refractivity contribution in [2.24, 2.45) is 29.6 Å². The fourth-order valence-corrected chi connectivity index (χ4v) is 5.21. The number of hydrogen-bond acceptors (Lipinski definition) is 5. The number of fused-ring (bicyclic) bond motifs is 5. The summed E-state index contributed by atoms with van der Waals surface area (Å²) in [6.45, 7) is 0.801. The van der Waals surface area contributed by atoms with Crippen LogP contribution in [0.3, 0.4) is 0 Å². The molecule has 7 atom stereocenters. The first-order valence-electron chi connectivity index (χ1n) is 9.22. The summed E-state index contributed by atoms with van der Waals surface area (Å²) in [5.74, 6) is 0.811. The summed E-state index contributed by atoms with van der Waals surface area (Å²) >= 11 is 0. The molecule has 2 aliphatic heterocycles. The molecule has 0 spiro atoms. The fraction of sp³-hybridized carbons (Fsp3) is 0.722. The minimum Gasteiger partial charge on any atom is -0.389 e. The van der Waals surface area contributed by atoms with Gasteiger partial charge in [-0.2, -0.15) is 0 Å². The van der Waals surface area contributed by atoms with Gasteiger partial charge in [0.05, 0.1) is 12.1 Å². The smallest absolute Gasteiger partial charge is 0.238 e. The van der Waals surface area contributed by atoms with Gasteiger partial charge >= 0.3 is 0 Å². The second-order valence-electron chi connectivity index (χ2n) is 7.77. The largest absolute Gasteiger partial charge is 0.389 e. The molecular weight excluding hydrogens is 322 g/mol. The Labute approximate surface area is 146 Å². The van der Waals surface area contributed by atoms with Gasteiger partial charge in [0, 0.05) is 12.5 Å². The van der Waals surface area contributed by atoms with E-state index in [1.54, 1.807) is 0 Å². The van der Waals surface area contributed by atoms with Crippen LogP contribution in [0.4, 0.5) is 0 Å². The van der Waals surface area contributed by atoms with Crippen molar-refractivity contribution in [1.29, 1.82) is 0 Å². The van der Waals surface area contributed by atoms with Crippen molar-refractivity contribution >= 4 is 17.6 Å². The molecule has 0 aromatic carbocycles. The minimum atomic E-state index is -0.804. The Morgan fingerprint density at radius 2 is 2.12 bits per heavy atom. The Kier molecular flexibility index (Phi) is 4.37. The summed E-state index contributed by atoms with van der Waals surface area (Å²) in [6, 6.07) is -1.10. The number of carbonyl (C=O) groups excluding carboxylic acids is 3. The van der Waals surface area contributed by atoms with Crippen molar-refractivity contribution < 1.29 is 19.5 Å². The van der Waals surface area contributed by atoms with Gasteiger partial charge in [-0.05, 0) is 49.5 Å². The molecule has 2 heterocycles. The molecule has 7 heteroatoms. The molecule has 4 rings (SSSR count). The maximum atomic E-state index is 12.8. The van der Waals surface area contributed by atoms with E-state index in [-0.39, 0.29) is 36.1 Å². The number of rotatable bonds is 6. The standard InChI is InChI=1S/C18H25N3O4/c22-8-14(23)13(6-11-3-4-19-17(11)24)21-18(25)16-15-10-2-1-9(5-10)12(15)7-20-16/h1-2,9-13,15-16,20,22H,3-8H2,(H,19,24)(H,21,25)/t9-,10+,11+,12-,13+,15+,16+/m1/s1. The maximum Gasteiger partial charge on any atom is 0.238 e. The Balaban J connectivity index is 1.42. The minimum absolute atomic E-state index is 0.0812. The highest BCUT2D eigenvalue weighted by molar-refractivity contribution is 5.92. The number of hydrogen-bond donors (Lipinski definition) is 4. The van der Waals surface area contributed by atoms with E-state index in [1.807, 2.05) is 0 Å². The van der Waals surface area contributed by atoms with Gasteiger partial charge in [0.1, 0.15) is 6.61 Å². The molecule has 136 valence electrons. The Bertz CT molecular complexity index is 619. The van der Waals surface area contributed by atoms with Crippen LogP contribution in [0.25, 0.3) is 0 Å². The van der Waals surface area contributed by atoms with Gasteiger partial charge in [-0.3, -0.25) is 14.4 Å². The Morgan fingerprint density at radius 1 is 1.32 bits per heavy atom. The first-order valence-corrected chi connectivity index (χ1v) is 9.22. The quantitative estimate of drug-likeness (QED) is 0.460. The molecule has 1 saturated carbocycles. The molecule has 7 nitrogen and oxygen atoms in total. The van der Waals surface area contributed by atoms with Crippen LogP contribution in [-0.4, -0.2) is 54.5 Å². The third-order valence-electron chi connectivity index (χ3n) is 6.47. The van der Waals surface area contributed by atoms with Gasteiger partial charge in [-0.25, -0.2) is 0 Å². The predicted octanol–water partition coefficient (Wildman–Crippen LogP) is -1.03. The van der Waals surface area contributed by atoms with Crippen molar-refractivity contribution in [3.05, 3.63) is 12.2 Å². The normalized spacial score (nSPS) is 39.3. The van der Waals surface area contributed by atoms with E-state index in [4.69, 9.17) is 0 Å². The molecule has 3 fully saturated rings. The highest BCUT2D eigenvalue weighted by atomic mass is 16.3. The zero-order valence-electron chi connectivity index (χ0n) is 14.1. The lowest BCUT2D eigenvalue weighted by Gasteiger charge is -2.26. The summed E-state index contributed by atoms with van der Waals surface area (Å²) in [7, 11) is 0. The lowest BCUT2D eigenvalue weighted by atomic mass is 9.81. The maximum absolute atomic E-state index is 12.8. The van der Waals surface area contributed by atoms with Crippen LogP contribution in [-0.2, 0) is 14.4 Å². The van der Waals surface area contributed by atoms with Gasteiger partial charge < -0.3 is 21.1 Å². The van der Waals surface area contributed by atoms with Crippen LogP contribution in [0.5, 0.6) is 0 Å². The van der Waals surface area contributed by atoms with Crippen molar-refractivity contribution in [2.45, 2.75) is 31.3 Å². The van der Waals surface area contributed by atoms with Gasteiger partial charge in [-0.15, -0.1) is 0 Å². The molecule has 2 bridgehead atoms. The number of amides is 2. The topological polar surface area (TPSA) is 108 Å². The average molecular weight is 347 g/mol. The van der Waals surface area contributed by atoms with E-state index < -0.39 is 18.4 Å². The van der Waals surface area contributed by atoms with Crippen LogP contribution in [0.1, 0.15) is 19.3 Å². The molecule has 4 N–H and O–H groups in total. The molecule has 2 saturated heterocycles. The molecule has 0 radical (unpaired) electrons. The van der Waals surface area contributed by atoms with E-state index in [0.717, 1.165) is 13.0 Å². The second-order valence-corrected chi connectivity index (χ2v) is 7.77. The van der Waals surface area contributed by atoms with Crippen LogP contribution < -0.4 is 16.0 Å². The Hall–Kier alpha value is -1.73. The molecule has 2 aliphatic carbocycles. The third-order valence-corrected chi connectivity index (χ3v) is 6.47. The van der Waals surface area contributed by atoms with Crippen molar-refractivity contribution in [3.8, 4) is 0 Å². The van der Waals surface area contributed by atoms with E-state index in [0.29, 0.717) is 30.7 Å². The summed E-state index contributed by atoms with van der Waals surface area (Å²) in [6.07, 6.45) is 6.53. The first kappa shape index (κ1) is 16.7. The number of carbonyl (C=O) groups is 3. The van der Waals surface area contributed by atoms with Crippen LogP contribution in [0.2, 0.25) is 0 Å². The molecule has 2 amide bonds. The summed E-state index contributed by atoms with van der Waals surface area (Å²) in [5, 5.41) is 18.1. The van der Waals surface area contributed by atoms with Gasteiger partial charge in [-0.1, -0.05) is 12.2 Å². The SMILES string of the molecule is O=C1NCC[C@H]1C[C@H](NC(=O)[C@H]1NC[C@H]2[C@@H]1[C@H]1C=C[C@@H]2C1)C(=O)CO. The lowest BCUT2D eigenvalue weighted by Crippen LogP contribution is -2.52. The van der Waals surface area contributed by atoms with Crippen molar-refractivity contribution in [2.75, 3.05) is 19.7 Å². The van der Waals surface area contributed by atoms with E-state index in [1.165, 1.54) is 0 Å². The third kappa shape index (κ3) is 2.89. The highest BCUT2D eigenvalue weighted by Gasteiger charge is 2.53. The fourth-order valence-electron chi connectivity index (χ4n) is 5.21. The van der Waals surface area contributed by atoms with Crippen molar-refractivity contribution in [1.82, 2.24) is 16.0 Å². The first-order chi connectivity index (χ1) is 12.1. The van der Waals surface area contributed by atoms with Crippen molar-refractivity contribution in [3.63, 3.8) is 0 Å². The molecular formula is C18H25N3O4. The van der Waals surface area contributed by atoms with Gasteiger partial charge in [0.25, 0.3) is 0 Å². The van der Waals surface area contributed by atoms with Gasteiger partial charge in [0.15, 0.2) is 5.78 Å². The average Bonchev–Trinajstić information content (AvgIpc) is 3.36. The zero-order chi connectivity index (χ0) is 17.6. The predicted molar refractivity (Wildman–Crippen MR) is 89.3 cm³/mol. The number of aliphatic hydroxyl groups is 1. The number of Topliss-reactive ketones (excluding diaryl/α,β-unsaturated/α-hetero) is 1. The zero-order valence-corrected chi connectivity index (χ0v) is 14.1. The Morgan fingerprint density at radius 3 is 2.84 bits per heavy atom. The van der Waals surface area contributed by atoms with Crippen LogP contribution in [0.15, 0.2) is 12.2 Å². The summed E-state index contributed by atoms with van der Waals surface area (Å²) < 4.78 is 0. The van der Waals surface area contributed by atoms with E-state index in [2.05, 4.69) is 28.1 Å². The monoisotopic (exact) mass is 347 g/mol. The van der Waals surface area contributed by atoms with Gasteiger partial charge in [0.2, 0.25) is 11.8 Å². The van der Waals surface area contributed by atoms with Crippen LogP contribution >= 0.6 is 0 Å². The highest BCUT2D eigenvalue weighted by Crippen LogP contribution is 2.51. The van der Waals surface area contributed by atoms with E-state index >= 15 is 0 Å². The van der Waals surface area contributed by atoms with E-state index in [9.17, 15) is 19.5 Å². The number of nitrogens with one attached hydrogen (secondary N) is 3. The summed E-state index contributed by atoms with van der Waals surface area (Å²) in [5.41, 5.74) is 0. The molecule has 0 unspecified atom stereocenters.